The number of aromatic nitrogens is 1. The summed E-state index contributed by atoms with van der Waals surface area (Å²) in [6, 6.07) is 14.6. The van der Waals surface area contributed by atoms with Gasteiger partial charge in [-0.25, -0.2) is 9.37 Å². The first kappa shape index (κ1) is 21.3. The van der Waals surface area contributed by atoms with Crippen molar-refractivity contribution in [3.63, 3.8) is 0 Å². The second-order valence-corrected chi connectivity index (χ2v) is 8.24. The highest BCUT2D eigenvalue weighted by molar-refractivity contribution is 7.98. The predicted molar refractivity (Wildman–Crippen MR) is 118 cm³/mol. The molecule has 0 saturated heterocycles. The van der Waals surface area contributed by atoms with Crippen LogP contribution in [0.25, 0.3) is 10.6 Å². The fourth-order valence-corrected chi connectivity index (χ4v) is 4.34. The van der Waals surface area contributed by atoms with Crippen LogP contribution in [0.3, 0.4) is 0 Å². The Morgan fingerprint density at radius 2 is 2.00 bits per heavy atom. The van der Waals surface area contributed by atoms with Gasteiger partial charge < -0.3 is 10.1 Å². The molecule has 152 valence electrons. The van der Waals surface area contributed by atoms with Crippen LogP contribution in [0.1, 0.15) is 18.2 Å². The molecule has 29 heavy (non-hydrogen) atoms. The van der Waals surface area contributed by atoms with Gasteiger partial charge in [0.1, 0.15) is 16.6 Å². The fraction of sp³-hybridized carbons (Fsp3) is 0.273. The smallest absolute Gasteiger partial charge is 0.226 e. The minimum Gasteiger partial charge on any atom is -0.494 e. The zero-order valence-corrected chi connectivity index (χ0v) is 17.8. The van der Waals surface area contributed by atoms with Crippen molar-refractivity contribution in [2.45, 2.75) is 19.1 Å². The van der Waals surface area contributed by atoms with Crippen LogP contribution in [-0.2, 0) is 17.0 Å². The van der Waals surface area contributed by atoms with Crippen molar-refractivity contribution in [3.05, 3.63) is 71.0 Å². The van der Waals surface area contributed by atoms with Crippen LogP contribution in [-0.4, -0.2) is 29.8 Å². The lowest BCUT2D eigenvalue weighted by Gasteiger charge is -2.05. The van der Waals surface area contributed by atoms with Crippen LogP contribution in [0, 0.1) is 5.82 Å². The topological polar surface area (TPSA) is 51.2 Å². The molecule has 0 saturated carbocycles. The first-order valence-electron chi connectivity index (χ1n) is 9.41. The first-order valence-corrected chi connectivity index (χ1v) is 11.4. The molecule has 0 aliphatic rings. The Bertz CT molecular complexity index is 929. The van der Waals surface area contributed by atoms with Crippen LogP contribution in [0.4, 0.5) is 4.39 Å². The maximum Gasteiger partial charge on any atom is 0.226 e. The van der Waals surface area contributed by atoms with E-state index in [0.717, 1.165) is 27.8 Å². The molecule has 3 rings (SSSR count). The summed E-state index contributed by atoms with van der Waals surface area (Å²) in [5.74, 6) is 1.92. The van der Waals surface area contributed by atoms with Crippen molar-refractivity contribution in [2.24, 2.45) is 0 Å². The third-order valence-electron chi connectivity index (χ3n) is 4.09. The zero-order valence-electron chi connectivity index (χ0n) is 16.2. The summed E-state index contributed by atoms with van der Waals surface area (Å²) in [4.78, 5) is 16.7. The normalized spacial score (nSPS) is 10.7. The molecule has 1 N–H and O–H groups in total. The first-order chi connectivity index (χ1) is 14.2. The number of halogens is 1. The van der Waals surface area contributed by atoms with Crippen molar-refractivity contribution >= 4 is 29.0 Å². The van der Waals surface area contributed by atoms with E-state index in [1.54, 1.807) is 23.9 Å². The van der Waals surface area contributed by atoms with Crippen molar-refractivity contribution in [2.75, 3.05) is 18.9 Å². The standard InChI is InChI=1S/C22H23FN2O2S2/c1-2-27-19-9-7-16(8-10-19)22-25-18(15-29-22)13-21(26)24-11-12-28-14-17-5-3-4-6-20(17)23/h3-10,15H,2,11-14H2,1H3,(H,24,26). The number of hydrogen-bond donors (Lipinski definition) is 1. The van der Waals surface area contributed by atoms with Gasteiger partial charge in [-0.3, -0.25) is 4.79 Å². The second-order valence-electron chi connectivity index (χ2n) is 6.27. The Labute approximate surface area is 178 Å². The van der Waals surface area contributed by atoms with Crippen LogP contribution >= 0.6 is 23.1 Å². The van der Waals surface area contributed by atoms with Crippen LogP contribution < -0.4 is 10.1 Å². The Hall–Kier alpha value is -2.38. The Balaban J connectivity index is 1.40. The highest BCUT2D eigenvalue weighted by atomic mass is 32.2. The molecule has 0 fully saturated rings. The maximum absolute atomic E-state index is 13.6. The lowest BCUT2D eigenvalue weighted by Crippen LogP contribution is -2.27. The Morgan fingerprint density at radius 3 is 2.76 bits per heavy atom. The number of carbonyl (C=O) groups is 1. The van der Waals surface area contributed by atoms with Crippen LogP contribution in [0.5, 0.6) is 5.75 Å². The number of amides is 1. The molecule has 1 aromatic heterocycles. The van der Waals surface area contributed by atoms with Gasteiger partial charge in [0.05, 0.1) is 18.7 Å². The van der Waals surface area contributed by atoms with E-state index in [0.29, 0.717) is 24.5 Å². The average molecular weight is 431 g/mol. The van der Waals surface area contributed by atoms with Gasteiger partial charge in [0.15, 0.2) is 0 Å². The lowest BCUT2D eigenvalue weighted by atomic mass is 10.2. The molecule has 0 aliphatic carbocycles. The number of ether oxygens (including phenoxy) is 1. The van der Waals surface area contributed by atoms with E-state index < -0.39 is 0 Å². The molecule has 0 spiro atoms. The summed E-state index contributed by atoms with van der Waals surface area (Å²) in [5.41, 5.74) is 2.46. The fourth-order valence-electron chi connectivity index (χ4n) is 2.67. The molecular formula is C22H23FN2O2S2. The number of hydrogen-bond acceptors (Lipinski definition) is 5. The minimum atomic E-state index is -0.184. The number of carbonyl (C=O) groups excluding carboxylic acids is 1. The van der Waals surface area contributed by atoms with E-state index in [1.165, 1.54) is 17.4 Å². The summed E-state index contributed by atoms with van der Waals surface area (Å²) in [7, 11) is 0. The second kappa shape index (κ2) is 11.0. The molecule has 0 bridgehead atoms. The van der Waals surface area contributed by atoms with Gasteiger partial charge in [0.2, 0.25) is 5.91 Å². The van der Waals surface area contributed by atoms with Crippen molar-refractivity contribution in [1.29, 1.82) is 0 Å². The highest BCUT2D eigenvalue weighted by Crippen LogP contribution is 2.26. The summed E-state index contributed by atoms with van der Waals surface area (Å²) >= 11 is 3.12. The van der Waals surface area contributed by atoms with E-state index in [-0.39, 0.29) is 18.1 Å². The van der Waals surface area contributed by atoms with Crippen molar-refractivity contribution in [3.8, 4) is 16.3 Å². The molecule has 0 aliphatic heterocycles. The van der Waals surface area contributed by atoms with Crippen molar-refractivity contribution in [1.82, 2.24) is 10.3 Å². The van der Waals surface area contributed by atoms with Gasteiger partial charge in [-0.1, -0.05) is 18.2 Å². The lowest BCUT2D eigenvalue weighted by molar-refractivity contribution is -0.120. The third-order valence-corrected chi connectivity index (χ3v) is 6.04. The predicted octanol–water partition coefficient (Wildman–Crippen LogP) is 4.94. The molecule has 1 heterocycles. The monoisotopic (exact) mass is 430 g/mol. The number of benzene rings is 2. The molecule has 7 heteroatoms. The van der Waals surface area contributed by atoms with Crippen LogP contribution in [0.2, 0.25) is 0 Å². The van der Waals surface area contributed by atoms with Gasteiger partial charge in [-0.05, 0) is 42.8 Å². The highest BCUT2D eigenvalue weighted by Gasteiger charge is 2.09. The van der Waals surface area contributed by atoms with Gasteiger partial charge in [-0.2, -0.15) is 11.8 Å². The van der Waals surface area contributed by atoms with E-state index >= 15 is 0 Å². The molecule has 3 aromatic rings. The number of thiazole rings is 1. The molecule has 1 amide bonds. The van der Waals surface area contributed by atoms with E-state index in [9.17, 15) is 9.18 Å². The van der Waals surface area contributed by atoms with Crippen LogP contribution in [0.15, 0.2) is 53.9 Å². The van der Waals surface area contributed by atoms with Crippen molar-refractivity contribution < 1.29 is 13.9 Å². The van der Waals surface area contributed by atoms with E-state index in [1.807, 2.05) is 42.6 Å². The van der Waals surface area contributed by atoms with E-state index in [4.69, 9.17) is 4.74 Å². The third kappa shape index (κ3) is 6.58. The number of nitrogens with one attached hydrogen (secondary N) is 1. The molecular weight excluding hydrogens is 407 g/mol. The summed E-state index contributed by atoms with van der Waals surface area (Å²) in [5, 5.41) is 5.70. The number of nitrogens with zero attached hydrogens (tertiary/aromatic N) is 1. The molecule has 0 radical (unpaired) electrons. The maximum atomic E-state index is 13.6. The minimum absolute atomic E-state index is 0.0555. The Kier molecular flexibility index (Phi) is 8.07. The molecule has 2 aromatic carbocycles. The zero-order chi connectivity index (χ0) is 20.5. The van der Waals surface area contributed by atoms with E-state index in [2.05, 4.69) is 10.3 Å². The summed E-state index contributed by atoms with van der Waals surface area (Å²) in [6.45, 7) is 3.14. The SMILES string of the molecule is CCOc1ccc(-c2nc(CC(=O)NCCSCc3ccccc3F)cs2)cc1. The van der Waals surface area contributed by atoms with Gasteiger partial charge in [0, 0.05) is 29.0 Å². The number of thioether (sulfide) groups is 1. The van der Waals surface area contributed by atoms with Gasteiger partial charge in [0.25, 0.3) is 0 Å². The number of rotatable bonds is 10. The van der Waals surface area contributed by atoms with Gasteiger partial charge in [-0.15, -0.1) is 11.3 Å². The molecule has 4 nitrogen and oxygen atoms in total. The Morgan fingerprint density at radius 1 is 1.21 bits per heavy atom. The quantitative estimate of drug-likeness (QED) is 0.463. The molecule has 0 unspecified atom stereocenters. The summed E-state index contributed by atoms with van der Waals surface area (Å²) < 4.78 is 19.0. The average Bonchev–Trinajstić information content (AvgIpc) is 3.18. The van der Waals surface area contributed by atoms with Gasteiger partial charge >= 0.3 is 0 Å². The largest absolute Gasteiger partial charge is 0.494 e. The molecule has 0 atom stereocenters. The summed E-state index contributed by atoms with van der Waals surface area (Å²) in [6.07, 6.45) is 0.255.